The van der Waals surface area contributed by atoms with Crippen molar-refractivity contribution in [2.75, 3.05) is 18.9 Å². The predicted molar refractivity (Wildman–Crippen MR) is 301 cm³/mol. The van der Waals surface area contributed by atoms with E-state index in [1.54, 1.807) is 6.07 Å². The molecule has 0 aromatic heterocycles. The molecular weight excluding hydrogens is 851 g/mol. The van der Waals surface area contributed by atoms with Crippen LogP contribution >= 0.6 is 0 Å². The molecular formula is C63H117NO5. The van der Waals surface area contributed by atoms with E-state index in [9.17, 15) is 4.79 Å². The van der Waals surface area contributed by atoms with Crippen molar-refractivity contribution in [2.45, 2.75) is 335 Å². The Morgan fingerprint density at radius 3 is 1.01 bits per heavy atom. The van der Waals surface area contributed by atoms with Crippen LogP contribution in [0.1, 0.15) is 329 Å². The van der Waals surface area contributed by atoms with Crippen molar-refractivity contribution in [2.24, 2.45) is 0 Å². The Labute approximate surface area is 429 Å². The fourth-order valence-electron chi connectivity index (χ4n) is 9.73. The Balaban J connectivity index is 2.61. The van der Waals surface area contributed by atoms with Crippen LogP contribution in [-0.4, -0.2) is 25.5 Å². The van der Waals surface area contributed by atoms with Crippen molar-refractivity contribution in [3.8, 4) is 17.2 Å². The van der Waals surface area contributed by atoms with Crippen LogP contribution < -0.4 is 19.9 Å². The van der Waals surface area contributed by atoms with E-state index in [4.69, 9.17) is 24.7 Å². The lowest BCUT2D eigenvalue weighted by Gasteiger charge is -2.22. The fraction of sp³-hybridized carbons (Fsp3) is 0.857. The summed E-state index contributed by atoms with van der Waals surface area (Å²) in [6, 6.07) is 3.66. The van der Waals surface area contributed by atoms with E-state index in [1.807, 2.05) is 6.07 Å². The van der Waals surface area contributed by atoms with Crippen molar-refractivity contribution >= 4 is 11.7 Å². The van der Waals surface area contributed by atoms with Crippen molar-refractivity contribution in [1.82, 2.24) is 0 Å². The molecule has 1 rings (SSSR count). The standard InChI is InChI=1S/C63H117NO5/c1-5-9-12-15-18-21-24-27-30-33-36-39-42-45-48-51-54-66-59-56-58(64)57-60(63(59)67-55-52-49-46-43-40-37-34-31-28-25-22-19-16-13-10-6-2)68-62(69-61(65)8-4)53-50-47-44-41-38-35-32-29-26-23-20-17-14-11-7-3/h8,56-57,62H,4-7,9-55,64H2,1-3H3. The number of nitrogen functional groups attached to an aromatic ring is 1. The first kappa shape index (κ1) is 64.6. The van der Waals surface area contributed by atoms with Gasteiger partial charge in [0.25, 0.3) is 0 Å². The summed E-state index contributed by atoms with van der Waals surface area (Å²) < 4.78 is 25.2. The zero-order valence-electron chi connectivity index (χ0n) is 46.5. The molecule has 69 heavy (non-hydrogen) atoms. The van der Waals surface area contributed by atoms with Gasteiger partial charge in [-0.05, 0) is 19.3 Å². The number of hydrogen-bond acceptors (Lipinski definition) is 6. The second-order valence-electron chi connectivity index (χ2n) is 21.1. The molecule has 404 valence electrons. The molecule has 1 atom stereocenters. The van der Waals surface area contributed by atoms with Crippen LogP contribution in [0.4, 0.5) is 5.69 Å². The van der Waals surface area contributed by atoms with Crippen LogP contribution in [0.25, 0.3) is 0 Å². The molecule has 0 saturated heterocycles. The summed E-state index contributed by atoms with van der Waals surface area (Å²) in [5.41, 5.74) is 7.03. The molecule has 0 aliphatic heterocycles. The van der Waals surface area contributed by atoms with Gasteiger partial charge in [-0.3, -0.25) is 0 Å². The summed E-state index contributed by atoms with van der Waals surface area (Å²) in [6.07, 6.45) is 63.3. The average Bonchev–Trinajstić information content (AvgIpc) is 3.35. The number of rotatable bonds is 56. The van der Waals surface area contributed by atoms with E-state index in [0.29, 0.717) is 42.6 Å². The summed E-state index contributed by atoms with van der Waals surface area (Å²) >= 11 is 0. The van der Waals surface area contributed by atoms with Gasteiger partial charge in [-0.2, -0.15) is 0 Å². The Bertz CT molecular complexity index is 1240. The zero-order valence-corrected chi connectivity index (χ0v) is 46.5. The Kier molecular flexibility index (Phi) is 48.7. The highest BCUT2D eigenvalue weighted by Gasteiger charge is 2.21. The van der Waals surface area contributed by atoms with Crippen molar-refractivity contribution in [3.05, 3.63) is 24.8 Å². The summed E-state index contributed by atoms with van der Waals surface area (Å²) in [7, 11) is 0. The number of carbonyl (C=O) groups excluding carboxylic acids is 1. The molecule has 0 aliphatic carbocycles. The highest BCUT2D eigenvalue weighted by Crippen LogP contribution is 2.41. The van der Waals surface area contributed by atoms with Gasteiger partial charge in [0.15, 0.2) is 11.5 Å². The predicted octanol–water partition coefficient (Wildman–Crippen LogP) is 21.2. The highest BCUT2D eigenvalue weighted by molar-refractivity contribution is 5.81. The van der Waals surface area contributed by atoms with E-state index in [2.05, 4.69) is 27.4 Å². The summed E-state index contributed by atoms with van der Waals surface area (Å²) in [6.45, 7) is 11.7. The molecule has 0 spiro atoms. The third kappa shape index (κ3) is 43.0. The maximum atomic E-state index is 12.5. The van der Waals surface area contributed by atoms with E-state index in [-0.39, 0.29) is 0 Å². The molecule has 0 radical (unpaired) electrons. The number of hydrogen-bond donors (Lipinski definition) is 1. The van der Waals surface area contributed by atoms with Gasteiger partial charge in [0.05, 0.1) is 13.2 Å². The number of ether oxygens (including phenoxy) is 4. The third-order valence-electron chi connectivity index (χ3n) is 14.3. The van der Waals surface area contributed by atoms with Crippen LogP contribution in [0.15, 0.2) is 24.8 Å². The quantitative estimate of drug-likeness (QED) is 0.0230. The number of anilines is 1. The van der Waals surface area contributed by atoms with Crippen LogP contribution in [-0.2, 0) is 9.53 Å². The molecule has 0 amide bonds. The van der Waals surface area contributed by atoms with Crippen LogP contribution in [0.5, 0.6) is 17.2 Å². The topological polar surface area (TPSA) is 80.0 Å². The van der Waals surface area contributed by atoms with Gasteiger partial charge in [-0.25, -0.2) is 4.79 Å². The maximum Gasteiger partial charge on any atom is 0.333 e. The molecule has 0 saturated carbocycles. The lowest BCUT2D eigenvalue weighted by molar-refractivity contribution is -0.158. The monoisotopic (exact) mass is 968 g/mol. The molecule has 1 unspecified atom stereocenters. The minimum Gasteiger partial charge on any atom is -0.489 e. The van der Waals surface area contributed by atoms with Gasteiger partial charge in [0.2, 0.25) is 12.0 Å². The first-order valence-corrected chi connectivity index (χ1v) is 30.7. The van der Waals surface area contributed by atoms with E-state index >= 15 is 0 Å². The van der Waals surface area contributed by atoms with Crippen molar-refractivity contribution in [3.63, 3.8) is 0 Å². The number of carbonyl (C=O) groups is 1. The maximum absolute atomic E-state index is 12.5. The van der Waals surface area contributed by atoms with Crippen LogP contribution in [0.3, 0.4) is 0 Å². The smallest absolute Gasteiger partial charge is 0.333 e. The van der Waals surface area contributed by atoms with Crippen LogP contribution in [0.2, 0.25) is 0 Å². The minimum absolute atomic E-state index is 0.483. The lowest BCUT2D eigenvalue weighted by Crippen LogP contribution is -2.24. The zero-order chi connectivity index (χ0) is 49.8. The number of unbranched alkanes of at least 4 members (excludes halogenated alkanes) is 44. The van der Waals surface area contributed by atoms with Gasteiger partial charge in [0, 0.05) is 30.3 Å². The molecule has 1 aromatic carbocycles. The Hall–Kier alpha value is -2.37. The second kappa shape index (κ2) is 52.0. The van der Waals surface area contributed by atoms with E-state index in [0.717, 1.165) is 38.5 Å². The molecule has 6 heteroatoms. The number of nitrogens with two attached hydrogens (primary N) is 1. The molecule has 0 aliphatic rings. The Morgan fingerprint density at radius 1 is 0.420 bits per heavy atom. The lowest BCUT2D eigenvalue weighted by atomic mass is 10.0. The second-order valence-corrected chi connectivity index (χ2v) is 21.1. The van der Waals surface area contributed by atoms with Crippen molar-refractivity contribution < 1.29 is 23.7 Å². The highest BCUT2D eigenvalue weighted by atomic mass is 16.7. The number of esters is 1. The largest absolute Gasteiger partial charge is 0.489 e. The first-order chi connectivity index (χ1) is 34.0. The van der Waals surface area contributed by atoms with Gasteiger partial charge in [0.1, 0.15) is 0 Å². The van der Waals surface area contributed by atoms with E-state index in [1.165, 1.54) is 269 Å². The fourth-order valence-corrected chi connectivity index (χ4v) is 9.73. The molecule has 0 fully saturated rings. The number of benzene rings is 1. The average molecular weight is 969 g/mol. The summed E-state index contributed by atoms with van der Waals surface area (Å²) in [5.74, 6) is 1.18. The molecule has 1 aromatic rings. The molecule has 0 heterocycles. The van der Waals surface area contributed by atoms with Crippen LogP contribution in [0, 0.1) is 0 Å². The molecule has 6 nitrogen and oxygen atoms in total. The first-order valence-electron chi connectivity index (χ1n) is 30.7. The van der Waals surface area contributed by atoms with Crippen molar-refractivity contribution in [1.29, 1.82) is 0 Å². The van der Waals surface area contributed by atoms with E-state index < -0.39 is 12.3 Å². The molecule has 0 bridgehead atoms. The molecule has 2 N–H and O–H groups in total. The normalized spacial score (nSPS) is 11.8. The summed E-state index contributed by atoms with van der Waals surface area (Å²) in [4.78, 5) is 12.5. The van der Waals surface area contributed by atoms with Gasteiger partial charge >= 0.3 is 5.97 Å². The summed E-state index contributed by atoms with van der Waals surface area (Å²) in [5, 5.41) is 0. The van der Waals surface area contributed by atoms with Gasteiger partial charge in [-0.1, -0.05) is 310 Å². The minimum atomic E-state index is -0.759. The van der Waals surface area contributed by atoms with Gasteiger partial charge in [-0.15, -0.1) is 0 Å². The third-order valence-corrected chi connectivity index (χ3v) is 14.3. The SMILES string of the molecule is C=CC(=O)OC(CCCCCCCCCCCCCCCCC)Oc1cc(N)cc(OCCCCCCCCCCCCCCCCCC)c1OCCCCCCCCCCCCCCCCCC. The Morgan fingerprint density at radius 2 is 0.696 bits per heavy atom. The van der Waals surface area contributed by atoms with Gasteiger partial charge < -0.3 is 24.7 Å².